The number of halogens is 1. The van der Waals surface area contributed by atoms with Gasteiger partial charge in [-0.25, -0.2) is 4.39 Å². The van der Waals surface area contributed by atoms with Crippen LogP contribution in [0.5, 0.6) is 5.75 Å². The maximum Gasteiger partial charge on any atom is 0.295 e. The number of rotatable bonds is 8. The number of methoxy groups -OCH3 is 1. The van der Waals surface area contributed by atoms with Crippen molar-refractivity contribution in [2.75, 3.05) is 33.3 Å². The second-order valence-corrected chi connectivity index (χ2v) is 7.48. The molecule has 2 aromatic rings. The van der Waals surface area contributed by atoms with Crippen LogP contribution in [-0.4, -0.2) is 55.0 Å². The molecule has 1 heterocycles. The summed E-state index contributed by atoms with van der Waals surface area (Å²) in [6.07, 6.45) is 0. The van der Waals surface area contributed by atoms with Crippen molar-refractivity contribution >= 4 is 17.4 Å². The van der Waals surface area contributed by atoms with Gasteiger partial charge in [0.1, 0.15) is 17.3 Å². The summed E-state index contributed by atoms with van der Waals surface area (Å²) in [5.41, 5.74) is 0.942. The summed E-state index contributed by atoms with van der Waals surface area (Å²) in [5, 5.41) is 11.0. The van der Waals surface area contributed by atoms with Gasteiger partial charge < -0.3 is 19.6 Å². The van der Waals surface area contributed by atoms with E-state index in [0.717, 1.165) is 13.1 Å². The normalized spacial score (nSPS) is 18.1. The number of Topliss-reactive ketones (excluding diaryl/α,β-unsaturated/α-hetero) is 1. The van der Waals surface area contributed by atoms with Gasteiger partial charge in [0.15, 0.2) is 0 Å². The van der Waals surface area contributed by atoms with E-state index >= 15 is 0 Å². The first kappa shape index (κ1) is 22.5. The average molecular weight is 427 g/mol. The number of carbonyl (C=O) groups excluding carboxylic acids is 2. The monoisotopic (exact) mass is 427 g/mol. The molecule has 1 aliphatic heterocycles. The highest BCUT2D eigenvalue weighted by molar-refractivity contribution is 6.46. The number of nitrogens with one attached hydrogen (secondary N) is 1. The number of quaternary nitrogens is 1. The number of carbonyl (C=O) groups is 2. The third-order valence-corrected chi connectivity index (χ3v) is 5.77. The van der Waals surface area contributed by atoms with Crippen LogP contribution in [0.4, 0.5) is 4.39 Å². The van der Waals surface area contributed by atoms with E-state index in [9.17, 15) is 19.1 Å². The van der Waals surface area contributed by atoms with Gasteiger partial charge >= 0.3 is 0 Å². The first-order valence-corrected chi connectivity index (χ1v) is 10.4. The van der Waals surface area contributed by atoms with Crippen LogP contribution in [0.3, 0.4) is 0 Å². The second kappa shape index (κ2) is 9.75. The first-order valence-electron chi connectivity index (χ1n) is 10.4. The van der Waals surface area contributed by atoms with Crippen LogP contribution in [0.25, 0.3) is 5.76 Å². The van der Waals surface area contributed by atoms with Crippen LogP contribution < -0.4 is 9.64 Å². The predicted molar refractivity (Wildman–Crippen MR) is 115 cm³/mol. The van der Waals surface area contributed by atoms with Crippen LogP contribution in [0.2, 0.25) is 0 Å². The average Bonchev–Trinajstić information content (AvgIpc) is 3.04. The summed E-state index contributed by atoms with van der Waals surface area (Å²) >= 11 is 0. The lowest BCUT2D eigenvalue weighted by Gasteiger charge is -2.27. The molecular formula is C24H28FN2O4+. The Balaban J connectivity index is 2.11. The Hall–Kier alpha value is -3.19. The van der Waals surface area contributed by atoms with Gasteiger partial charge in [0, 0.05) is 5.56 Å². The van der Waals surface area contributed by atoms with E-state index in [0.29, 0.717) is 24.4 Å². The number of amides is 1. The van der Waals surface area contributed by atoms with Crippen molar-refractivity contribution in [3.8, 4) is 5.75 Å². The summed E-state index contributed by atoms with van der Waals surface area (Å²) in [6.45, 7) is 6.99. The summed E-state index contributed by atoms with van der Waals surface area (Å²) < 4.78 is 18.7. The molecule has 1 atom stereocenters. The standard InChI is InChI=1S/C24H27FN2O4/c1-4-26(5-2)13-14-27-21(17-7-6-8-19(15-17)31-3)20(23(29)24(27)30)22(28)16-9-11-18(25)12-10-16/h6-12,15,21,28H,4-5,13-14H2,1-3H3/p+1/t21-/m0/s1. The number of benzene rings is 2. The van der Waals surface area contributed by atoms with Crippen molar-refractivity contribution in [3.63, 3.8) is 0 Å². The fourth-order valence-electron chi connectivity index (χ4n) is 3.91. The topological polar surface area (TPSA) is 71.3 Å². The lowest BCUT2D eigenvalue weighted by atomic mass is 9.95. The highest BCUT2D eigenvalue weighted by atomic mass is 19.1. The van der Waals surface area contributed by atoms with Crippen molar-refractivity contribution in [2.45, 2.75) is 19.9 Å². The van der Waals surface area contributed by atoms with E-state index in [1.807, 2.05) is 0 Å². The quantitative estimate of drug-likeness (QED) is 0.385. The number of likely N-dealkylation sites (N-methyl/N-ethyl adjacent to an activating group) is 1. The van der Waals surface area contributed by atoms with Crippen molar-refractivity contribution in [1.82, 2.24) is 4.90 Å². The number of ketones is 1. The van der Waals surface area contributed by atoms with Gasteiger partial charge in [0.05, 0.1) is 44.9 Å². The van der Waals surface area contributed by atoms with Crippen LogP contribution in [0.1, 0.15) is 31.0 Å². The van der Waals surface area contributed by atoms with Gasteiger partial charge in [0.2, 0.25) is 0 Å². The zero-order valence-corrected chi connectivity index (χ0v) is 18.0. The second-order valence-electron chi connectivity index (χ2n) is 7.48. The summed E-state index contributed by atoms with van der Waals surface area (Å²) in [6, 6.07) is 11.5. The number of likely N-dealkylation sites (tertiary alicyclic amines) is 1. The van der Waals surface area contributed by atoms with Gasteiger partial charge in [-0.15, -0.1) is 0 Å². The zero-order chi connectivity index (χ0) is 22.5. The molecule has 0 spiro atoms. The number of aliphatic hydroxyl groups is 1. The van der Waals surface area contributed by atoms with E-state index in [1.54, 1.807) is 24.3 Å². The highest BCUT2D eigenvalue weighted by Crippen LogP contribution is 2.39. The Morgan fingerprint density at radius 2 is 1.81 bits per heavy atom. The number of nitrogens with zero attached hydrogens (tertiary/aromatic N) is 1. The van der Waals surface area contributed by atoms with Crippen molar-refractivity contribution in [1.29, 1.82) is 0 Å². The first-order chi connectivity index (χ1) is 14.9. The molecule has 31 heavy (non-hydrogen) atoms. The maximum atomic E-state index is 13.4. The largest absolute Gasteiger partial charge is 0.507 e. The Labute approximate surface area is 181 Å². The fourth-order valence-corrected chi connectivity index (χ4v) is 3.91. The van der Waals surface area contributed by atoms with Gasteiger partial charge in [-0.1, -0.05) is 12.1 Å². The Bertz CT molecular complexity index is 983. The summed E-state index contributed by atoms with van der Waals surface area (Å²) in [4.78, 5) is 28.8. The molecule has 1 amide bonds. The molecule has 3 rings (SSSR count). The molecule has 0 aliphatic carbocycles. The minimum Gasteiger partial charge on any atom is -0.507 e. The smallest absolute Gasteiger partial charge is 0.295 e. The van der Waals surface area contributed by atoms with Gasteiger partial charge in [0.25, 0.3) is 11.7 Å². The van der Waals surface area contributed by atoms with Gasteiger partial charge in [-0.05, 0) is 55.8 Å². The summed E-state index contributed by atoms with van der Waals surface area (Å²) in [5.74, 6) is -1.58. The molecule has 164 valence electrons. The van der Waals surface area contributed by atoms with Crippen molar-refractivity contribution in [3.05, 3.63) is 71.0 Å². The van der Waals surface area contributed by atoms with E-state index in [2.05, 4.69) is 13.8 Å². The van der Waals surface area contributed by atoms with Crippen molar-refractivity contribution in [2.24, 2.45) is 0 Å². The SMILES string of the molecule is CC[NH+](CC)CCN1C(=O)C(=O)C(=C(O)c2ccc(F)cc2)[C@@H]1c1cccc(OC)c1. The van der Waals surface area contributed by atoms with Crippen molar-refractivity contribution < 1.29 is 28.7 Å². The molecule has 2 aromatic carbocycles. The van der Waals surface area contributed by atoms with E-state index < -0.39 is 23.5 Å². The molecule has 1 aliphatic rings. The minimum absolute atomic E-state index is 0.000548. The third-order valence-electron chi connectivity index (χ3n) is 5.77. The predicted octanol–water partition coefficient (Wildman–Crippen LogP) is 2.18. The van der Waals surface area contributed by atoms with Crippen LogP contribution in [0, 0.1) is 5.82 Å². The molecule has 2 N–H and O–H groups in total. The number of hydrogen-bond donors (Lipinski definition) is 2. The highest BCUT2D eigenvalue weighted by Gasteiger charge is 2.46. The summed E-state index contributed by atoms with van der Waals surface area (Å²) in [7, 11) is 1.54. The Kier molecular flexibility index (Phi) is 7.07. The molecule has 0 bridgehead atoms. The lowest BCUT2D eigenvalue weighted by molar-refractivity contribution is -0.895. The van der Waals surface area contributed by atoms with Crippen LogP contribution in [-0.2, 0) is 9.59 Å². The number of hydrogen-bond acceptors (Lipinski definition) is 4. The third kappa shape index (κ3) is 4.61. The molecule has 7 heteroatoms. The molecule has 6 nitrogen and oxygen atoms in total. The zero-order valence-electron chi connectivity index (χ0n) is 18.0. The molecule has 0 aromatic heterocycles. The number of aliphatic hydroxyl groups excluding tert-OH is 1. The molecule has 0 unspecified atom stereocenters. The molecular weight excluding hydrogens is 399 g/mol. The molecule has 0 saturated carbocycles. The van der Waals surface area contributed by atoms with E-state index in [-0.39, 0.29) is 16.9 Å². The molecule has 1 fully saturated rings. The van der Waals surface area contributed by atoms with Crippen LogP contribution >= 0.6 is 0 Å². The van der Waals surface area contributed by atoms with Crippen LogP contribution in [0.15, 0.2) is 54.1 Å². The fraction of sp³-hybridized carbons (Fsp3) is 0.333. The lowest BCUT2D eigenvalue weighted by Crippen LogP contribution is -3.12. The van der Waals surface area contributed by atoms with Gasteiger partial charge in [-0.3, -0.25) is 9.59 Å². The molecule has 1 saturated heterocycles. The van der Waals surface area contributed by atoms with E-state index in [1.165, 1.54) is 41.2 Å². The number of ether oxygens (including phenoxy) is 1. The Morgan fingerprint density at radius 3 is 2.42 bits per heavy atom. The molecule has 0 radical (unpaired) electrons. The van der Waals surface area contributed by atoms with Gasteiger partial charge in [-0.2, -0.15) is 0 Å². The minimum atomic E-state index is -0.755. The maximum absolute atomic E-state index is 13.4. The van der Waals surface area contributed by atoms with E-state index in [4.69, 9.17) is 4.74 Å². The Morgan fingerprint density at radius 1 is 1.13 bits per heavy atom.